The number of anilines is 1. The van der Waals surface area contributed by atoms with Crippen LogP contribution < -0.4 is 11.1 Å². The molecular formula is C16H16Br2ClN5O2. The molecule has 3 N–H and O–H groups in total. The SMILES string of the molecule is C[C@@]1(c2cc(Br)cc(NC(=O)c3ncc(Br)cn3)c2)COCC(N)=N1.Cl. The number of hydrogen-bond donors (Lipinski definition) is 2. The number of nitrogens with one attached hydrogen (secondary N) is 1. The highest BCUT2D eigenvalue weighted by molar-refractivity contribution is 9.10. The van der Waals surface area contributed by atoms with E-state index in [1.165, 1.54) is 12.4 Å². The lowest BCUT2D eigenvalue weighted by molar-refractivity contribution is 0.101. The van der Waals surface area contributed by atoms with Crippen molar-refractivity contribution in [2.24, 2.45) is 10.7 Å². The summed E-state index contributed by atoms with van der Waals surface area (Å²) in [4.78, 5) is 24.8. The summed E-state index contributed by atoms with van der Waals surface area (Å²) in [6.07, 6.45) is 3.04. The lowest BCUT2D eigenvalue weighted by Crippen LogP contribution is -2.37. The third kappa shape index (κ3) is 4.79. The normalized spacial score (nSPS) is 19.3. The predicted octanol–water partition coefficient (Wildman–Crippen LogP) is 3.28. The number of nitrogens with zero attached hydrogens (tertiary/aromatic N) is 3. The van der Waals surface area contributed by atoms with Gasteiger partial charge in [0, 0.05) is 22.6 Å². The van der Waals surface area contributed by atoms with E-state index in [1.807, 2.05) is 19.1 Å². The number of aromatic nitrogens is 2. The molecular weight excluding hydrogens is 489 g/mol. The Balaban J connectivity index is 0.00000243. The fourth-order valence-electron chi connectivity index (χ4n) is 2.47. The fraction of sp³-hybridized carbons (Fsp3) is 0.250. The van der Waals surface area contributed by atoms with E-state index in [0.29, 0.717) is 29.2 Å². The monoisotopic (exact) mass is 503 g/mol. The van der Waals surface area contributed by atoms with Gasteiger partial charge in [0.15, 0.2) is 0 Å². The fourth-order valence-corrected chi connectivity index (χ4v) is 3.17. The number of carbonyl (C=O) groups is 1. The summed E-state index contributed by atoms with van der Waals surface area (Å²) in [7, 11) is 0. The Hall–Kier alpha value is -1.55. The summed E-state index contributed by atoms with van der Waals surface area (Å²) < 4.78 is 7.02. The Kier molecular flexibility index (Phi) is 6.73. The number of ether oxygens (including phenoxy) is 1. The topological polar surface area (TPSA) is 102 Å². The highest BCUT2D eigenvalue weighted by atomic mass is 79.9. The second-order valence-electron chi connectivity index (χ2n) is 5.78. The zero-order valence-electron chi connectivity index (χ0n) is 13.7. The van der Waals surface area contributed by atoms with Gasteiger partial charge in [-0.1, -0.05) is 15.9 Å². The van der Waals surface area contributed by atoms with Crippen molar-refractivity contribution in [3.63, 3.8) is 0 Å². The molecule has 1 atom stereocenters. The van der Waals surface area contributed by atoms with Gasteiger partial charge in [0.05, 0.1) is 11.1 Å². The molecule has 2 aromatic rings. The minimum absolute atomic E-state index is 0. The molecule has 0 spiro atoms. The zero-order chi connectivity index (χ0) is 18.0. The summed E-state index contributed by atoms with van der Waals surface area (Å²) in [6, 6.07) is 5.56. The second kappa shape index (κ2) is 8.43. The minimum Gasteiger partial charge on any atom is -0.386 e. The van der Waals surface area contributed by atoms with Crippen LogP contribution in [0.3, 0.4) is 0 Å². The molecule has 0 aliphatic carbocycles. The van der Waals surface area contributed by atoms with Gasteiger partial charge in [0.2, 0.25) is 5.82 Å². The molecule has 0 saturated carbocycles. The maximum Gasteiger partial charge on any atom is 0.293 e. The first kappa shape index (κ1) is 20.8. The maximum atomic E-state index is 12.3. The Morgan fingerprint density at radius 1 is 1.23 bits per heavy atom. The van der Waals surface area contributed by atoms with Crippen LogP contribution in [0, 0.1) is 0 Å². The number of amides is 1. The van der Waals surface area contributed by atoms with E-state index < -0.39 is 11.4 Å². The van der Waals surface area contributed by atoms with Gasteiger partial charge in [-0.25, -0.2) is 9.97 Å². The van der Waals surface area contributed by atoms with E-state index in [4.69, 9.17) is 10.5 Å². The van der Waals surface area contributed by atoms with Gasteiger partial charge in [-0.3, -0.25) is 9.79 Å². The summed E-state index contributed by atoms with van der Waals surface area (Å²) in [5.41, 5.74) is 6.67. The van der Waals surface area contributed by atoms with Crippen LogP contribution in [0.15, 0.2) is 44.5 Å². The van der Waals surface area contributed by atoms with Crippen molar-refractivity contribution in [2.75, 3.05) is 18.5 Å². The van der Waals surface area contributed by atoms with Gasteiger partial charge < -0.3 is 15.8 Å². The number of carbonyl (C=O) groups excluding carboxylic acids is 1. The van der Waals surface area contributed by atoms with Crippen molar-refractivity contribution in [1.29, 1.82) is 0 Å². The average molecular weight is 506 g/mol. The van der Waals surface area contributed by atoms with E-state index in [1.54, 1.807) is 6.07 Å². The van der Waals surface area contributed by atoms with Gasteiger partial charge in [-0.05, 0) is 46.6 Å². The van der Waals surface area contributed by atoms with Crippen LogP contribution in [0.5, 0.6) is 0 Å². The van der Waals surface area contributed by atoms with E-state index in [-0.39, 0.29) is 18.2 Å². The number of hydrogen-bond acceptors (Lipinski definition) is 6. The standard InChI is InChI=1S/C16H15Br2N5O2.ClH/c1-16(8-25-7-13(19)23-16)9-2-10(17)4-12(3-9)22-15(24)14-20-5-11(18)6-21-14;/h2-6H,7-8H2,1H3,(H2,19,23)(H,22,24);1H/t16-;/m0./s1. The Morgan fingerprint density at radius 2 is 1.92 bits per heavy atom. The Bertz CT molecular complexity index is 847. The quantitative estimate of drug-likeness (QED) is 0.667. The lowest BCUT2D eigenvalue weighted by Gasteiger charge is -2.30. The van der Waals surface area contributed by atoms with E-state index >= 15 is 0 Å². The van der Waals surface area contributed by atoms with Crippen LogP contribution in [-0.2, 0) is 10.3 Å². The van der Waals surface area contributed by atoms with E-state index in [9.17, 15) is 4.79 Å². The molecule has 3 rings (SSSR count). The molecule has 138 valence electrons. The van der Waals surface area contributed by atoms with E-state index in [0.717, 1.165) is 10.0 Å². The molecule has 0 fully saturated rings. The summed E-state index contributed by atoms with van der Waals surface area (Å²) in [5, 5.41) is 2.80. The maximum absolute atomic E-state index is 12.3. The lowest BCUT2D eigenvalue weighted by atomic mass is 9.92. The van der Waals surface area contributed by atoms with Crippen molar-refractivity contribution in [3.05, 3.63) is 50.9 Å². The van der Waals surface area contributed by atoms with Crippen LogP contribution in [-0.4, -0.2) is 34.9 Å². The van der Waals surface area contributed by atoms with Crippen LogP contribution in [0.4, 0.5) is 5.69 Å². The first-order valence-corrected chi connectivity index (χ1v) is 8.96. The van der Waals surface area contributed by atoms with E-state index in [2.05, 4.69) is 52.1 Å². The number of aliphatic imine (C=N–C) groups is 1. The molecule has 0 unspecified atom stereocenters. The Labute approximate surface area is 173 Å². The molecule has 7 nitrogen and oxygen atoms in total. The molecule has 1 aromatic heterocycles. The van der Waals surface area contributed by atoms with Gasteiger partial charge in [-0.15, -0.1) is 12.4 Å². The zero-order valence-corrected chi connectivity index (χ0v) is 17.7. The molecule has 0 radical (unpaired) electrons. The molecule has 2 heterocycles. The first-order valence-electron chi connectivity index (χ1n) is 7.38. The third-order valence-corrected chi connectivity index (χ3v) is 4.49. The molecule has 0 saturated heterocycles. The van der Waals surface area contributed by atoms with Crippen LogP contribution in [0.2, 0.25) is 0 Å². The van der Waals surface area contributed by atoms with Crippen LogP contribution in [0.25, 0.3) is 0 Å². The largest absolute Gasteiger partial charge is 0.386 e. The number of amidine groups is 1. The molecule has 1 amide bonds. The van der Waals surface area contributed by atoms with Gasteiger partial charge in [0.25, 0.3) is 5.91 Å². The van der Waals surface area contributed by atoms with Crippen LogP contribution >= 0.6 is 44.3 Å². The minimum atomic E-state index is -0.611. The molecule has 1 aliphatic heterocycles. The second-order valence-corrected chi connectivity index (χ2v) is 7.61. The van der Waals surface area contributed by atoms with Crippen LogP contribution in [0.1, 0.15) is 23.1 Å². The molecule has 1 aliphatic rings. The summed E-state index contributed by atoms with van der Waals surface area (Å²) in [6.45, 7) is 2.67. The number of nitrogens with two attached hydrogens (primary N) is 1. The van der Waals surface area contributed by atoms with Crippen molar-refractivity contribution < 1.29 is 9.53 Å². The molecule has 26 heavy (non-hydrogen) atoms. The summed E-state index contributed by atoms with van der Waals surface area (Å²) >= 11 is 6.70. The molecule has 0 bridgehead atoms. The number of rotatable bonds is 3. The van der Waals surface area contributed by atoms with Crippen molar-refractivity contribution in [3.8, 4) is 0 Å². The number of halogens is 3. The predicted molar refractivity (Wildman–Crippen MR) is 109 cm³/mol. The van der Waals surface area contributed by atoms with Gasteiger partial charge in [0.1, 0.15) is 18.0 Å². The number of benzene rings is 1. The van der Waals surface area contributed by atoms with Crippen molar-refractivity contribution in [2.45, 2.75) is 12.5 Å². The third-order valence-electron chi connectivity index (χ3n) is 3.62. The smallest absolute Gasteiger partial charge is 0.293 e. The molecule has 1 aromatic carbocycles. The highest BCUT2D eigenvalue weighted by Crippen LogP contribution is 2.32. The highest BCUT2D eigenvalue weighted by Gasteiger charge is 2.30. The van der Waals surface area contributed by atoms with Gasteiger partial charge >= 0.3 is 0 Å². The summed E-state index contributed by atoms with van der Waals surface area (Å²) in [5.74, 6) is 0.131. The Morgan fingerprint density at radius 3 is 2.58 bits per heavy atom. The first-order chi connectivity index (χ1) is 11.9. The van der Waals surface area contributed by atoms with Crippen molar-refractivity contribution >= 4 is 61.7 Å². The van der Waals surface area contributed by atoms with Gasteiger partial charge in [-0.2, -0.15) is 0 Å². The van der Waals surface area contributed by atoms with Crippen molar-refractivity contribution in [1.82, 2.24) is 9.97 Å². The molecule has 10 heteroatoms. The average Bonchev–Trinajstić information content (AvgIpc) is 2.54.